The molecule has 0 fully saturated rings. The van der Waals surface area contributed by atoms with Gasteiger partial charge in [-0.15, -0.1) is 0 Å². The first kappa shape index (κ1) is 61.5. The average Bonchev–Trinajstić information content (AvgIpc) is 3.25. The fourth-order valence-corrected chi connectivity index (χ4v) is 7.50. The second kappa shape index (κ2) is 45.6. The molecular formula is C54H97NO8P+. The lowest BCUT2D eigenvalue weighted by molar-refractivity contribution is -0.870. The number of phosphoric acid groups is 1. The zero-order chi connectivity index (χ0) is 47.1. The number of allylic oxidation sites excluding steroid dienone is 12. The first-order valence-electron chi connectivity index (χ1n) is 25.7. The maximum atomic E-state index is 12.7. The van der Waals surface area contributed by atoms with Crippen LogP contribution in [-0.4, -0.2) is 74.9 Å². The van der Waals surface area contributed by atoms with E-state index in [0.29, 0.717) is 23.9 Å². The molecule has 0 aromatic rings. The zero-order valence-corrected chi connectivity index (χ0v) is 42.6. The van der Waals surface area contributed by atoms with E-state index in [1.54, 1.807) is 0 Å². The van der Waals surface area contributed by atoms with Crippen molar-refractivity contribution < 1.29 is 42.1 Å². The first-order chi connectivity index (χ1) is 31.0. The van der Waals surface area contributed by atoms with Crippen LogP contribution < -0.4 is 0 Å². The largest absolute Gasteiger partial charge is 0.472 e. The highest BCUT2D eigenvalue weighted by molar-refractivity contribution is 7.47. The Morgan fingerprint density at radius 3 is 1.34 bits per heavy atom. The highest BCUT2D eigenvalue weighted by Gasteiger charge is 2.27. The minimum absolute atomic E-state index is 0.0155. The number of quaternary nitrogens is 1. The van der Waals surface area contributed by atoms with Crippen LogP contribution in [0.4, 0.5) is 0 Å². The number of phosphoric ester groups is 1. The third-order valence-corrected chi connectivity index (χ3v) is 11.7. The van der Waals surface area contributed by atoms with E-state index in [1.807, 2.05) is 21.1 Å². The Bertz CT molecular complexity index is 1310. The maximum Gasteiger partial charge on any atom is 0.472 e. The smallest absolute Gasteiger partial charge is 0.462 e. The molecular weight excluding hydrogens is 822 g/mol. The molecule has 0 aliphatic heterocycles. The number of carbonyl (C=O) groups excluding carboxylic acids is 2. The van der Waals surface area contributed by atoms with Gasteiger partial charge in [-0.25, -0.2) is 4.57 Å². The van der Waals surface area contributed by atoms with Crippen LogP contribution in [0, 0.1) is 0 Å². The van der Waals surface area contributed by atoms with E-state index in [2.05, 4.69) is 86.8 Å². The highest BCUT2D eigenvalue weighted by Crippen LogP contribution is 2.43. The van der Waals surface area contributed by atoms with Crippen molar-refractivity contribution in [3.63, 3.8) is 0 Å². The van der Waals surface area contributed by atoms with E-state index in [0.717, 1.165) is 51.4 Å². The number of hydrogen-bond acceptors (Lipinski definition) is 7. The van der Waals surface area contributed by atoms with Gasteiger partial charge in [0, 0.05) is 12.8 Å². The molecule has 0 saturated carbocycles. The van der Waals surface area contributed by atoms with Gasteiger partial charge in [0.25, 0.3) is 0 Å². The number of likely N-dealkylation sites (N-methyl/N-ethyl adjacent to an activating group) is 1. The minimum Gasteiger partial charge on any atom is -0.462 e. The van der Waals surface area contributed by atoms with Crippen LogP contribution in [0.3, 0.4) is 0 Å². The molecule has 9 nitrogen and oxygen atoms in total. The lowest BCUT2D eigenvalue weighted by Crippen LogP contribution is -2.37. The molecule has 0 rings (SSSR count). The normalized spacial score (nSPS) is 14.0. The fraction of sp³-hybridized carbons (Fsp3) is 0.741. The third-order valence-electron chi connectivity index (χ3n) is 10.7. The summed E-state index contributed by atoms with van der Waals surface area (Å²) in [4.78, 5) is 35.5. The van der Waals surface area contributed by atoms with Gasteiger partial charge in [0.2, 0.25) is 0 Å². The second-order valence-corrected chi connectivity index (χ2v) is 19.6. The molecule has 0 heterocycles. The Kier molecular flexibility index (Phi) is 43.8. The molecule has 1 N–H and O–H groups in total. The topological polar surface area (TPSA) is 108 Å². The minimum atomic E-state index is -4.40. The van der Waals surface area contributed by atoms with Crippen molar-refractivity contribution >= 4 is 19.8 Å². The maximum absolute atomic E-state index is 12.7. The van der Waals surface area contributed by atoms with Crippen LogP contribution >= 0.6 is 7.82 Å². The van der Waals surface area contributed by atoms with Crippen LogP contribution in [0.1, 0.15) is 206 Å². The molecule has 0 aliphatic rings. The standard InChI is InChI=1S/C54H96NO8P/c1-6-8-10-12-14-16-18-20-22-24-25-26-27-28-29-31-33-35-37-39-41-43-45-47-54(57)63-52(51-62-64(58,59)61-49-48-55(3,4)5)50-60-53(56)46-44-42-40-38-36-34-32-30-23-21-19-17-15-13-11-9-7-2/h9,11,15,17,21,23,32,34,38-41,52H,6-8,10,12-14,16,18-20,22,24-31,33,35-37,42-51H2,1-5H3/p+1/b11-9+,17-15+,23-21+,34-32+,40-38+,41-39+/t52-/m1/s1. The number of esters is 2. The second-order valence-electron chi connectivity index (χ2n) is 18.2. The van der Waals surface area contributed by atoms with Gasteiger partial charge in [-0.1, -0.05) is 196 Å². The van der Waals surface area contributed by atoms with Crippen molar-refractivity contribution in [3.05, 3.63) is 72.9 Å². The average molecular weight is 919 g/mol. The van der Waals surface area contributed by atoms with E-state index in [1.165, 1.54) is 116 Å². The van der Waals surface area contributed by atoms with Gasteiger partial charge in [0.1, 0.15) is 19.8 Å². The Labute approximate surface area is 393 Å². The SMILES string of the molecule is CC/C=C/C/C=C/C/C=C/C/C=C/C/C=C/CCCC(=O)OC[C@H](COP(=O)(O)OCC[N+](C)(C)C)OC(=O)CCC/C=C/CCCCCCCCCCCCCCCCCCCC. The molecule has 0 radical (unpaired) electrons. The van der Waals surface area contributed by atoms with E-state index < -0.39 is 32.5 Å². The molecule has 0 bridgehead atoms. The van der Waals surface area contributed by atoms with Crippen LogP contribution in [0.2, 0.25) is 0 Å². The van der Waals surface area contributed by atoms with E-state index in [4.69, 9.17) is 18.5 Å². The van der Waals surface area contributed by atoms with E-state index in [9.17, 15) is 19.0 Å². The summed E-state index contributed by atoms with van der Waals surface area (Å²) < 4.78 is 34.3. The number of ether oxygens (including phenoxy) is 2. The number of carbonyl (C=O) groups is 2. The van der Waals surface area contributed by atoms with Gasteiger partial charge in [0.15, 0.2) is 6.10 Å². The lowest BCUT2D eigenvalue weighted by Gasteiger charge is -2.24. The summed E-state index contributed by atoms with van der Waals surface area (Å²) in [6, 6.07) is 0. The molecule has 2 atom stereocenters. The van der Waals surface area contributed by atoms with E-state index in [-0.39, 0.29) is 26.1 Å². The third kappa shape index (κ3) is 48.9. The number of rotatable bonds is 46. The van der Waals surface area contributed by atoms with Crippen LogP contribution in [0.5, 0.6) is 0 Å². The molecule has 0 amide bonds. The first-order valence-corrected chi connectivity index (χ1v) is 27.2. The van der Waals surface area contributed by atoms with Crippen molar-refractivity contribution in [2.75, 3.05) is 47.5 Å². The van der Waals surface area contributed by atoms with Gasteiger partial charge in [-0.05, 0) is 70.6 Å². The van der Waals surface area contributed by atoms with Crippen molar-refractivity contribution in [3.8, 4) is 0 Å². The highest BCUT2D eigenvalue weighted by atomic mass is 31.2. The zero-order valence-electron chi connectivity index (χ0n) is 41.7. The molecule has 10 heteroatoms. The van der Waals surface area contributed by atoms with Crippen molar-refractivity contribution in [1.82, 2.24) is 0 Å². The molecule has 0 saturated heterocycles. The van der Waals surface area contributed by atoms with Crippen molar-refractivity contribution in [2.24, 2.45) is 0 Å². The summed E-state index contributed by atoms with van der Waals surface area (Å²) in [5.41, 5.74) is 0. The predicted octanol–water partition coefficient (Wildman–Crippen LogP) is 15.4. The quantitative estimate of drug-likeness (QED) is 0.0211. The summed E-state index contributed by atoms with van der Waals surface area (Å²) in [5.74, 6) is -0.904. The lowest BCUT2D eigenvalue weighted by atomic mass is 10.0. The Morgan fingerprint density at radius 1 is 0.500 bits per heavy atom. The van der Waals surface area contributed by atoms with Crippen LogP contribution in [0.15, 0.2) is 72.9 Å². The van der Waals surface area contributed by atoms with Crippen LogP contribution in [-0.2, 0) is 32.7 Å². The Morgan fingerprint density at radius 2 is 0.891 bits per heavy atom. The van der Waals surface area contributed by atoms with E-state index >= 15 is 0 Å². The summed E-state index contributed by atoms with van der Waals surface area (Å²) in [5, 5.41) is 0. The van der Waals surface area contributed by atoms with Gasteiger partial charge in [0.05, 0.1) is 27.7 Å². The number of nitrogens with zero attached hydrogens (tertiary/aromatic N) is 1. The molecule has 1 unspecified atom stereocenters. The fourth-order valence-electron chi connectivity index (χ4n) is 6.76. The molecule has 370 valence electrons. The predicted molar refractivity (Wildman–Crippen MR) is 270 cm³/mol. The molecule has 0 aromatic heterocycles. The Hall–Kier alpha value is -2.55. The van der Waals surface area contributed by atoms with Gasteiger partial charge >= 0.3 is 19.8 Å². The number of unbranched alkanes of at least 4 members (excludes halogenated alkanes) is 20. The molecule has 0 aliphatic carbocycles. The van der Waals surface area contributed by atoms with Crippen LogP contribution in [0.25, 0.3) is 0 Å². The van der Waals surface area contributed by atoms with Gasteiger partial charge in [-0.3, -0.25) is 18.6 Å². The van der Waals surface area contributed by atoms with Gasteiger partial charge < -0.3 is 18.9 Å². The summed E-state index contributed by atoms with van der Waals surface area (Å²) in [7, 11) is 1.43. The Balaban J connectivity index is 4.34. The van der Waals surface area contributed by atoms with Gasteiger partial charge in [-0.2, -0.15) is 0 Å². The van der Waals surface area contributed by atoms with Crippen molar-refractivity contribution in [2.45, 2.75) is 213 Å². The summed E-state index contributed by atoms with van der Waals surface area (Å²) in [6.45, 7) is 4.23. The molecule has 0 aromatic carbocycles. The monoisotopic (exact) mass is 919 g/mol. The summed E-state index contributed by atoms with van der Waals surface area (Å²) >= 11 is 0. The number of hydrogen-bond donors (Lipinski definition) is 1. The molecule has 64 heavy (non-hydrogen) atoms. The molecule has 0 spiro atoms. The summed E-state index contributed by atoms with van der Waals surface area (Å²) in [6.07, 6.45) is 58.4. The van der Waals surface area contributed by atoms with Crippen molar-refractivity contribution in [1.29, 1.82) is 0 Å².